The van der Waals surface area contributed by atoms with Gasteiger partial charge in [0.1, 0.15) is 0 Å². The summed E-state index contributed by atoms with van der Waals surface area (Å²) in [5, 5.41) is 0.665. The van der Waals surface area contributed by atoms with Crippen molar-refractivity contribution in [3.63, 3.8) is 0 Å². The third-order valence-electron chi connectivity index (χ3n) is 1.24. The van der Waals surface area contributed by atoms with Gasteiger partial charge in [0.25, 0.3) is 0 Å². The molecule has 1 radical (unpaired) electrons. The van der Waals surface area contributed by atoms with Crippen molar-refractivity contribution in [1.82, 2.24) is 4.98 Å². The van der Waals surface area contributed by atoms with E-state index in [4.69, 9.17) is 23.2 Å². The first kappa shape index (κ1) is 7.35. The van der Waals surface area contributed by atoms with Crippen LogP contribution in [-0.2, 0) is 0 Å². The van der Waals surface area contributed by atoms with E-state index in [-0.39, 0.29) is 0 Å². The molecule has 0 spiro atoms. The van der Waals surface area contributed by atoms with Crippen molar-refractivity contribution in [2.45, 2.75) is 0 Å². The third-order valence-corrected chi connectivity index (χ3v) is 2.57. The van der Waals surface area contributed by atoms with E-state index in [0.717, 1.165) is 10.2 Å². The molecule has 2 rings (SSSR count). The van der Waals surface area contributed by atoms with Gasteiger partial charge < -0.3 is 0 Å². The van der Waals surface area contributed by atoms with Gasteiger partial charge >= 0.3 is 0 Å². The number of hydrogen-bond acceptors (Lipinski definition) is 2. The van der Waals surface area contributed by atoms with Crippen molar-refractivity contribution >= 4 is 44.8 Å². The van der Waals surface area contributed by atoms with Crippen LogP contribution in [0.5, 0.6) is 0 Å². The second kappa shape index (κ2) is 2.63. The summed E-state index contributed by atoms with van der Waals surface area (Å²) in [6.45, 7) is 0. The van der Waals surface area contributed by atoms with E-state index in [2.05, 4.69) is 11.1 Å². The summed E-state index contributed by atoms with van der Waals surface area (Å²) in [5.74, 6) is 0. The van der Waals surface area contributed by atoms with Gasteiger partial charge in [0, 0.05) is 11.1 Å². The van der Waals surface area contributed by atoms with Crippen LogP contribution < -0.4 is 0 Å². The second-order valence-corrected chi connectivity index (χ2v) is 4.05. The normalized spacial score (nSPS) is 10.7. The lowest BCUT2D eigenvalue weighted by atomic mass is 10.3. The Morgan fingerprint density at radius 1 is 1.45 bits per heavy atom. The molecular formula is C7H2Cl2NS. The van der Waals surface area contributed by atoms with Crippen LogP contribution in [0.2, 0.25) is 9.49 Å². The van der Waals surface area contributed by atoms with Gasteiger partial charge in [-0.2, -0.15) is 0 Å². The first-order valence-electron chi connectivity index (χ1n) is 2.89. The molecule has 1 heterocycles. The SMILES string of the molecule is Clc1c[c]c2nc(Cl)sc2c1. The lowest BCUT2D eigenvalue weighted by Crippen LogP contribution is -1.66. The Bertz CT molecular complexity index is 396. The van der Waals surface area contributed by atoms with Crippen molar-refractivity contribution in [3.8, 4) is 0 Å². The van der Waals surface area contributed by atoms with E-state index >= 15 is 0 Å². The van der Waals surface area contributed by atoms with Gasteiger partial charge in [-0.05, 0) is 12.1 Å². The zero-order valence-corrected chi connectivity index (χ0v) is 7.59. The van der Waals surface area contributed by atoms with Crippen LogP contribution in [0.25, 0.3) is 10.2 Å². The van der Waals surface area contributed by atoms with E-state index in [1.165, 1.54) is 11.3 Å². The van der Waals surface area contributed by atoms with Crippen LogP contribution >= 0.6 is 34.5 Å². The minimum Gasteiger partial charge on any atom is -0.224 e. The molecular weight excluding hydrogens is 201 g/mol. The number of nitrogens with zero attached hydrogens (tertiary/aromatic N) is 1. The fourth-order valence-electron chi connectivity index (χ4n) is 0.810. The molecule has 2 aromatic rings. The lowest BCUT2D eigenvalue weighted by molar-refractivity contribution is 1.49. The average Bonchev–Trinajstić information content (AvgIpc) is 2.27. The largest absolute Gasteiger partial charge is 0.224 e. The molecule has 0 aliphatic carbocycles. The first-order chi connectivity index (χ1) is 5.25. The first-order valence-corrected chi connectivity index (χ1v) is 4.46. The van der Waals surface area contributed by atoms with Crippen LogP contribution in [0.15, 0.2) is 12.1 Å². The molecule has 0 aliphatic heterocycles. The second-order valence-electron chi connectivity index (χ2n) is 2.00. The highest BCUT2D eigenvalue weighted by Gasteiger charge is 2.00. The zero-order valence-electron chi connectivity index (χ0n) is 5.27. The Labute approximate surface area is 77.6 Å². The fourth-order valence-corrected chi connectivity index (χ4v) is 2.08. The van der Waals surface area contributed by atoms with Crippen molar-refractivity contribution in [1.29, 1.82) is 0 Å². The van der Waals surface area contributed by atoms with Crippen LogP contribution in [0.1, 0.15) is 0 Å². The van der Waals surface area contributed by atoms with E-state index in [1.54, 1.807) is 6.07 Å². The fraction of sp³-hybridized carbons (Fsp3) is 0. The highest BCUT2D eigenvalue weighted by molar-refractivity contribution is 7.22. The van der Waals surface area contributed by atoms with Crippen LogP contribution in [0.3, 0.4) is 0 Å². The highest BCUT2D eigenvalue weighted by Crippen LogP contribution is 2.27. The van der Waals surface area contributed by atoms with Crippen LogP contribution in [-0.4, -0.2) is 4.98 Å². The summed E-state index contributed by atoms with van der Waals surface area (Å²) in [6.07, 6.45) is 0. The van der Waals surface area contributed by atoms with E-state index in [1.807, 2.05) is 6.07 Å². The lowest BCUT2D eigenvalue weighted by Gasteiger charge is -1.85. The molecule has 0 saturated heterocycles. The number of hydrogen-bond donors (Lipinski definition) is 0. The van der Waals surface area contributed by atoms with Crippen molar-refractivity contribution < 1.29 is 0 Å². The Hall–Kier alpha value is -0.310. The standard InChI is InChI=1S/C7H2Cl2NS/c8-4-1-2-5-6(3-4)11-7(9)10-5/h1,3H. The maximum atomic E-state index is 5.73. The molecule has 1 nitrogen and oxygen atoms in total. The summed E-state index contributed by atoms with van der Waals surface area (Å²) in [5.41, 5.74) is 0.782. The van der Waals surface area contributed by atoms with Gasteiger partial charge in [-0.1, -0.05) is 23.2 Å². The molecule has 0 bridgehead atoms. The molecule has 0 amide bonds. The van der Waals surface area contributed by atoms with E-state index in [0.29, 0.717) is 9.49 Å². The van der Waals surface area contributed by atoms with Gasteiger partial charge in [0.2, 0.25) is 0 Å². The molecule has 0 N–H and O–H groups in total. The molecule has 1 aromatic heterocycles. The summed E-state index contributed by atoms with van der Waals surface area (Å²) in [7, 11) is 0. The number of thiazole rings is 1. The van der Waals surface area contributed by atoms with E-state index < -0.39 is 0 Å². The summed E-state index contributed by atoms with van der Waals surface area (Å²) in [6, 6.07) is 6.43. The van der Waals surface area contributed by atoms with Crippen molar-refractivity contribution in [3.05, 3.63) is 27.7 Å². The predicted molar refractivity (Wildman–Crippen MR) is 48.5 cm³/mol. The number of fused-ring (bicyclic) bond motifs is 1. The minimum atomic E-state index is 0.526. The van der Waals surface area contributed by atoms with Gasteiger partial charge in [-0.3, -0.25) is 0 Å². The number of aromatic nitrogens is 1. The van der Waals surface area contributed by atoms with Crippen molar-refractivity contribution in [2.75, 3.05) is 0 Å². The Morgan fingerprint density at radius 3 is 3.09 bits per heavy atom. The Balaban J connectivity index is 2.82. The Kier molecular flexibility index (Phi) is 1.75. The molecule has 0 aliphatic rings. The van der Waals surface area contributed by atoms with E-state index in [9.17, 15) is 0 Å². The monoisotopic (exact) mass is 202 g/mol. The van der Waals surface area contributed by atoms with Gasteiger partial charge in [-0.15, -0.1) is 11.3 Å². The summed E-state index contributed by atoms with van der Waals surface area (Å²) >= 11 is 12.8. The zero-order chi connectivity index (χ0) is 7.84. The summed E-state index contributed by atoms with van der Waals surface area (Å²) in [4.78, 5) is 4.02. The molecule has 0 atom stereocenters. The third kappa shape index (κ3) is 1.34. The predicted octanol–water partition coefficient (Wildman–Crippen LogP) is 3.40. The van der Waals surface area contributed by atoms with Crippen LogP contribution in [0.4, 0.5) is 0 Å². The quantitative estimate of drug-likeness (QED) is 0.639. The average molecular weight is 203 g/mol. The van der Waals surface area contributed by atoms with Crippen LogP contribution in [0, 0.1) is 6.07 Å². The topological polar surface area (TPSA) is 12.9 Å². The maximum Gasteiger partial charge on any atom is 0.184 e. The number of benzene rings is 1. The summed E-state index contributed by atoms with van der Waals surface area (Å²) < 4.78 is 1.50. The van der Waals surface area contributed by atoms with Gasteiger partial charge in [0.05, 0.1) is 10.2 Å². The van der Waals surface area contributed by atoms with Gasteiger partial charge in [0.15, 0.2) is 4.47 Å². The number of rotatable bonds is 0. The molecule has 4 heteroatoms. The van der Waals surface area contributed by atoms with Gasteiger partial charge in [-0.25, -0.2) is 4.98 Å². The molecule has 0 unspecified atom stereocenters. The number of halogens is 2. The molecule has 0 saturated carbocycles. The molecule has 55 valence electrons. The van der Waals surface area contributed by atoms with Crippen molar-refractivity contribution in [2.24, 2.45) is 0 Å². The maximum absolute atomic E-state index is 5.73. The highest BCUT2D eigenvalue weighted by atomic mass is 35.5. The molecule has 0 fully saturated rings. The smallest absolute Gasteiger partial charge is 0.184 e. The Morgan fingerprint density at radius 2 is 2.27 bits per heavy atom. The molecule has 1 aromatic carbocycles. The molecule has 11 heavy (non-hydrogen) atoms. The minimum absolute atomic E-state index is 0.526.